The maximum Gasteiger partial charge on any atom is 0.274 e. The Bertz CT molecular complexity index is 1310. The van der Waals surface area contributed by atoms with Crippen LogP contribution in [-0.4, -0.2) is 26.6 Å². The molecule has 2 heterocycles. The Morgan fingerprint density at radius 2 is 1.70 bits per heavy atom. The van der Waals surface area contributed by atoms with Gasteiger partial charge in [0.2, 0.25) is 0 Å². The second-order valence-corrected chi connectivity index (χ2v) is 7.57. The van der Waals surface area contributed by atoms with Gasteiger partial charge in [0.1, 0.15) is 16.7 Å². The Morgan fingerprint density at radius 1 is 0.970 bits per heavy atom. The van der Waals surface area contributed by atoms with E-state index in [4.69, 9.17) is 11.6 Å². The number of hydrogen-bond acceptors (Lipinski definition) is 4. The zero-order valence-corrected chi connectivity index (χ0v) is 18.3. The lowest BCUT2D eigenvalue weighted by Crippen LogP contribution is -2.18. The Labute approximate surface area is 194 Å². The molecular formula is C24H19ClFN5O2. The molecule has 2 N–H and O–H groups in total. The average molecular weight is 464 g/mol. The van der Waals surface area contributed by atoms with Crippen LogP contribution in [0.4, 0.5) is 15.8 Å². The van der Waals surface area contributed by atoms with Gasteiger partial charge in [0, 0.05) is 6.20 Å². The van der Waals surface area contributed by atoms with Crippen molar-refractivity contribution in [2.24, 2.45) is 0 Å². The van der Waals surface area contributed by atoms with E-state index in [-0.39, 0.29) is 27.8 Å². The van der Waals surface area contributed by atoms with E-state index in [1.807, 2.05) is 30.3 Å². The third kappa shape index (κ3) is 5.07. The van der Waals surface area contributed by atoms with Gasteiger partial charge in [0.15, 0.2) is 0 Å². The maximum atomic E-state index is 13.9. The molecule has 166 valence electrons. The molecule has 0 spiro atoms. The largest absolute Gasteiger partial charge is 0.320 e. The molecule has 2 amide bonds. The maximum absolute atomic E-state index is 13.9. The van der Waals surface area contributed by atoms with E-state index < -0.39 is 17.6 Å². The van der Waals surface area contributed by atoms with Crippen LogP contribution in [0.5, 0.6) is 0 Å². The van der Waals surface area contributed by atoms with Crippen LogP contribution in [0.25, 0.3) is 0 Å². The molecule has 0 saturated carbocycles. The Balaban J connectivity index is 1.58. The van der Waals surface area contributed by atoms with Gasteiger partial charge in [-0.3, -0.25) is 14.6 Å². The summed E-state index contributed by atoms with van der Waals surface area (Å²) in [5, 5.41) is 9.80. The highest BCUT2D eigenvalue weighted by Gasteiger charge is 2.22. The highest BCUT2D eigenvalue weighted by atomic mass is 35.5. The van der Waals surface area contributed by atoms with Gasteiger partial charge >= 0.3 is 0 Å². The lowest BCUT2D eigenvalue weighted by atomic mass is 10.2. The van der Waals surface area contributed by atoms with Crippen LogP contribution in [-0.2, 0) is 6.54 Å². The van der Waals surface area contributed by atoms with E-state index in [1.54, 1.807) is 25.1 Å². The molecule has 0 aliphatic carbocycles. The van der Waals surface area contributed by atoms with Gasteiger partial charge in [-0.25, -0.2) is 9.07 Å². The first-order chi connectivity index (χ1) is 15.9. The van der Waals surface area contributed by atoms with Crippen LogP contribution in [0, 0.1) is 12.7 Å². The van der Waals surface area contributed by atoms with Crippen LogP contribution < -0.4 is 10.6 Å². The molecule has 0 aliphatic rings. The molecule has 0 radical (unpaired) electrons. The lowest BCUT2D eigenvalue weighted by molar-refractivity contribution is 0.101. The smallest absolute Gasteiger partial charge is 0.274 e. The Morgan fingerprint density at radius 3 is 2.42 bits per heavy atom. The molecule has 9 heteroatoms. The van der Waals surface area contributed by atoms with E-state index in [0.29, 0.717) is 12.2 Å². The van der Waals surface area contributed by atoms with Gasteiger partial charge in [0.25, 0.3) is 11.8 Å². The number of carbonyl (C=O) groups excluding carboxylic acids is 2. The summed E-state index contributed by atoms with van der Waals surface area (Å²) in [5.41, 5.74) is 2.03. The van der Waals surface area contributed by atoms with Crippen molar-refractivity contribution in [2.45, 2.75) is 13.5 Å². The minimum Gasteiger partial charge on any atom is -0.320 e. The number of rotatable bonds is 6. The van der Waals surface area contributed by atoms with Gasteiger partial charge in [-0.05, 0) is 42.8 Å². The SMILES string of the molecule is Cc1nn(Cc2ccccc2)c(Cl)c1C(=O)Nc1cc(F)ccc1NC(=O)c1ccccn1. The number of carbonyl (C=O) groups is 2. The number of pyridine rings is 1. The van der Waals surface area contributed by atoms with E-state index in [0.717, 1.165) is 11.6 Å². The van der Waals surface area contributed by atoms with E-state index in [2.05, 4.69) is 20.7 Å². The van der Waals surface area contributed by atoms with E-state index in [1.165, 1.54) is 23.0 Å². The fourth-order valence-corrected chi connectivity index (χ4v) is 3.59. The first kappa shape index (κ1) is 22.2. The number of halogens is 2. The minimum atomic E-state index is -0.580. The average Bonchev–Trinajstić information content (AvgIpc) is 3.09. The van der Waals surface area contributed by atoms with Gasteiger partial charge in [0.05, 0.1) is 29.2 Å². The van der Waals surface area contributed by atoms with E-state index in [9.17, 15) is 14.0 Å². The molecule has 0 saturated heterocycles. The molecule has 0 fully saturated rings. The molecule has 2 aromatic heterocycles. The summed E-state index contributed by atoms with van der Waals surface area (Å²) >= 11 is 6.46. The van der Waals surface area contributed by atoms with Crippen LogP contribution >= 0.6 is 11.6 Å². The molecule has 0 atom stereocenters. The normalized spacial score (nSPS) is 10.6. The quantitative estimate of drug-likeness (QED) is 0.424. The predicted octanol–water partition coefficient (Wildman–Crippen LogP) is 4.93. The van der Waals surface area contributed by atoms with Crippen molar-refractivity contribution < 1.29 is 14.0 Å². The molecule has 4 aromatic rings. The van der Waals surface area contributed by atoms with E-state index >= 15 is 0 Å². The molecule has 4 rings (SSSR count). The first-order valence-electron chi connectivity index (χ1n) is 10.0. The molecular weight excluding hydrogens is 445 g/mol. The number of hydrogen-bond donors (Lipinski definition) is 2. The number of anilines is 2. The van der Waals surface area contributed by atoms with Crippen LogP contribution in [0.15, 0.2) is 72.9 Å². The van der Waals surface area contributed by atoms with Crippen molar-refractivity contribution in [3.8, 4) is 0 Å². The fourth-order valence-electron chi connectivity index (χ4n) is 3.27. The second-order valence-electron chi connectivity index (χ2n) is 7.21. The predicted molar refractivity (Wildman–Crippen MR) is 124 cm³/mol. The first-order valence-corrected chi connectivity index (χ1v) is 10.4. The number of nitrogens with one attached hydrogen (secondary N) is 2. The number of benzene rings is 2. The summed E-state index contributed by atoms with van der Waals surface area (Å²) in [6, 6.07) is 18.1. The summed E-state index contributed by atoms with van der Waals surface area (Å²) in [7, 11) is 0. The summed E-state index contributed by atoms with van der Waals surface area (Å²) in [4.78, 5) is 29.5. The second kappa shape index (κ2) is 9.62. The topological polar surface area (TPSA) is 88.9 Å². The lowest BCUT2D eigenvalue weighted by Gasteiger charge is -2.12. The number of nitrogens with zero attached hydrogens (tertiary/aromatic N) is 3. The zero-order valence-electron chi connectivity index (χ0n) is 17.5. The molecule has 33 heavy (non-hydrogen) atoms. The van der Waals surface area contributed by atoms with Crippen LogP contribution in [0.2, 0.25) is 5.15 Å². The van der Waals surface area contributed by atoms with Gasteiger partial charge in [-0.1, -0.05) is 48.0 Å². The van der Waals surface area contributed by atoms with Gasteiger partial charge in [-0.2, -0.15) is 5.10 Å². The molecule has 2 aromatic carbocycles. The summed E-state index contributed by atoms with van der Waals surface area (Å²) in [6.07, 6.45) is 1.49. The Hall–Kier alpha value is -4.04. The minimum absolute atomic E-state index is 0.0792. The standard InChI is InChI=1S/C24H19ClFN5O2/c1-15-21(22(25)31(30-15)14-16-7-3-2-4-8-16)24(33)29-20-13-17(26)10-11-18(20)28-23(32)19-9-5-6-12-27-19/h2-13H,14H2,1H3,(H,28,32)(H,29,33). The molecule has 0 aliphatic heterocycles. The van der Waals surface area contributed by atoms with Crippen molar-refractivity contribution in [2.75, 3.05) is 10.6 Å². The van der Waals surface area contributed by atoms with Crippen molar-refractivity contribution in [1.82, 2.24) is 14.8 Å². The molecule has 7 nitrogen and oxygen atoms in total. The third-order valence-electron chi connectivity index (χ3n) is 4.84. The Kier molecular flexibility index (Phi) is 6.46. The number of aromatic nitrogens is 3. The van der Waals surface area contributed by atoms with Crippen molar-refractivity contribution in [3.05, 3.63) is 106 Å². The van der Waals surface area contributed by atoms with Crippen molar-refractivity contribution >= 4 is 34.8 Å². The third-order valence-corrected chi connectivity index (χ3v) is 5.23. The van der Waals surface area contributed by atoms with Crippen LogP contribution in [0.3, 0.4) is 0 Å². The summed E-state index contributed by atoms with van der Waals surface area (Å²) < 4.78 is 15.5. The summed E-state index contributed by atoms with van der Waals surface area (Å²) in [6.45, 7) is 2.05. The van der Waals surface area contributed by atoms with Gasteiger partial charge < -0.3 is 10.6 Å². The van der Waals surface area contributed by atoms with Gasteiger partial charge in [-0.15, -0.1) is 0 Å². The molecule has 0 bridgehead atoms. The zero-order chi connectivity index (χ0) is 23.4. The van der Waals surface area contributed by atoms with Crippen LogP contribution in [0.1, 0.15) is 32.1 Å². The van der Waals surface area contributed by atoms with Crippen molar-refractivity contribution in [3.63, 3.8) is 0 Å². The highest BCUT2D eigenvalue weighted by Crippen LogP contribution is 2.27. The molecule has 0 unspecified atom stereocenters. The number of amides is 2. The fraction of sp³-hybridized carbons (Fsp3) is 0.0833. The highest BCUT2D eigenvalue weighted by molar-refractivity contribution is 6.33. The number of aryl methyl sites for hydroxylation is 1. The monoisotopic (exact) mass is 463 g/mol. The summed E-state index contributed by atoms with van der Waals surface area (Å²) in [5.74, 6) is -1.65. The van der Waals surface area contributed by atoms with Crippen molar-refractivity contribution in [1.29, 1.82) is 0 Å².